The normalized spacial score (nSPS) is 18.9. The lowest BCUT2D eigenvalue weighted by atomic mass is 10.1. The Balaban J connectivity index is 2.04. The Morgan fingerprint density at radius 1 is 0.667 bits per heavy atom. The summed E-state index contributed by atoms with van der Waals surface area (Å²) < 4.78 is 0. The molecule has 3 heteroatoms. The second-order valence-electron chi connectivity index (χ2n) is 3.49. The summed E-state index contributed by atoms with van der Waals surface area (Å²) in [5.41, 5.74) is 3.09. The van der Waals surface area contributed by atoms with Crippen molar-refractivity contribution >= 4 is 35.3 Å². The molecule has 0 nitrogen and oxygen atoms in total. The van der Waals surface area contributed by atoms with E-state index >= 15 is 0 Å². The summed E-state index contributed by atoms with van der Waals surface area (Å²) in [7, 11) is 0. The average Bonchev–Trinajstić information content (AvgIpc) is 2.32. The first-order valence-electron chi connectivity index (χ1n) is 5.27. The van der Waals surface area contributed by atoms with Gasteiger partial charge in [0.15, 0.2) is 0 Å². The Hall–Kier alpha value is 0.270. The Bertz CT molecular complexity index is 270. The maximum atomic E-state index is 2.29. The van der Waals surface area contributed by atoms with Crippen molar-refractivity contribution in [2.45, 2.75) is 11.5 Å². The van der Waals surface area contributed by atoms with Gasteiger partial charge in [0, 0.05) is 34.5 Å². The maximum Gasteiger partial charge on any atom is 0.0187 e. The first kappa shape index (κ1) is 11.7. The molecule has 0 spiro atoms. The van der Waals surface area contributed by atoms with Gasteiger partial charge in [-0.2, -0.15) is 35.3 Å². The number of hydrogen-bond acceptors (Lipinski definition) is 3. The van der Waals surface area contributed by atoms with Gasteiger partial charge in [0.2, 0.25) is 0 Å². The van der Waals surface area contributed by atoms with Gasteiger partial charge in [-0.1, -0.05) is 24.3 Å². The third-order valence-corrected chi connectivity index (χ3v) is 5.90. The van der Waals surface area contributed by atoms with Gasteiger partial charge in [-0.05, 0) is 11.1 Å². The molecule has 0 N–H and O–H groups in total. The fourth-order valence-corrected chi connectivity index (χ4v) is 4.92. The van der Waals surface area contributed by atoms with Crippen LogP contribution in [0, 0.1) is 0 Å². The van der Waals surface area contributed by atoms with Gasteiger partial charge in [-0.25, -0.2) is 0 Å². The third-order valence-electron chi connectivity index (χ3n) is 2.38. The number of rotatable bonds is 0. The predicted octanol–water partition coefficient (Wildman–Crippen LogP) is 3.90. The van der Waals surface area contributed by atoms with E-state index in [2.05, 4.69) is 59.6 Å². The van der Waals surface area contributed by atoms with E-state index < -0.39 is 0 Å². The highest BCUT2D eigenvalue weighted by Crippen LogP contribution is 2.23. The first-order valence-corrected chi connectivity index (χ1v) is 8.73. The molecule has 15 heavy (non-hydrogen) atoms. The van der Waals surface area contributed by atoms with Gasteiger partial charge >= 0.3 is 0 Å². The summed E-state index contributed by atoms with van der Waals surface area (Å²) in [6.45, 7) is 0. The fraction of sp³-hybridized carbons (Fsp3) is 0.500. The zero-order valence-corrected chi connectivity index (χ0v) is 11.2. The van der Waals surface area contributed by atoms with Gasteiger partial charge in [-0.15, -0.1) is 0 Å². The summed E-state index contributed by atoms with van der Waals surface area (Å²) in [5.74, 6) is 7.60. The molecule has 2 rings (SSSR count). The van der Waals surface area contributed by atoms with E-state index in [9.17, 15) is 0 Å². The van der Waals surface area contributed by atoms with Crippen LogP contribution in [-0.4, -0.2) is 23.0 Å². The fourth-order valence-electron chi connectivity index (χ4n) is 1.54. The number of hydrogen-bond donors (Lipinski definition) is 0. The minimum absolute atomic E-state index is 1.19. The monoisotopic (exact) mass is 256 g/mol. The van der Waals surface area contributed by atoms with Gasteiger partial charge < -0.3 is 0 Å². The Kier molecular flexibility index (Phi) is 5.30. The van der Waals surface area contributed by atoms with Crippen molar-refractivity contribution in [3.8, 4) is 0 Å². The molecule has 0 aromatic heterocycles. The van der Waals surface area contributed by atoms with Crippen molar-refractivity contribution in [3.63, 3.8) is 0 Å². The molecule has 82 valence electrons. The van der Waals surface area contributed by atoms with Crippen molar-refractivity contribution in [2.75, 3.05) is 23.0 Å². The van der Waals surface area contributed by atoms with Gasteiger partial charge in [0.1, 0.15) is 0 Å². The Morgan fingerprint density at radius 2 is 1.13 bits per heavy atom. The van der Waals surface area contributed by atoms with Crippen LogP contribution in [0.2, 0.25) is 0 Å². The third kappa shape index (κ3) is 3.97. The predicted molar refractivity (Wildman–Crippen MR) is 76.1 cm³/mol. The highest BCUT2D eigenvalue weighted by molar-refractivity contribution is 8.04. The number of thioether (sulfide) groups is 3. The summed E-state index contributed by atoms with van der Waals surface area (Å²) in [6.07, 6.45) is 0. The topological polar surface area (TPSA) is 0 Å². The number of fused-ring (bicyclic) bond motifs is 1. The molecule has 1 aliphatic heterocycles. The minimum atomic E-state index is 1.19. The molecule has 0 amide bonds. The van der Waals surface area contributed by atoms with Crippen LogP contribution in [0.25, 0.3) is 0 Å². The Labute approximate surface area is 105 Å². The number of benzene rings is 1. The van der Waals surface area contributed by atoms with Crippen molar-refractivity contribution < 1.29 is 0 Å². The van der Waals surface area contributed by atoms with Crippen LogP contribution in [0.5, 0.6) is 0 Å². The zero-order valence-electron chi connectivity index (χ0n) is 8.78. The molecule has 0 saturated heterocycles. The van der Waals surface area contributed by atoms with E-state index in [1.165, 1.54) is 34.5 Å². The van der Waals surface area contributed by atoms with Crippen LogP contribution in [0.15, 0.2) is 24.3 Å². The zero-order chi connectivity index (χ0) is 10.3. The molecular formula is C12H16S3. The molecule has 0 atom stereocenters. The van der Waals surface area contributed by atoms with Gasteiger partial charge in [0.25, 0.3) is 0 Å². The van der Waals surface area contributed by atoms with Gasteiger partial charge in [0.05, 0.1) is 0 Å². The molecule has 0 aliphatic carbocycles. The molecule has 0 saturated carbocycles. The molecule has 1 heterocycles. The molecular weight excluding hydrogens is 240 g/mol. The van der Waals surface area contributed by atoms with Gasteiger partial charge in [-0.3, -0.25) is 0 Å². The maximum absolute atomic E-state index is 2.29. The van der Waals surface area contributed by atoms with Crippen LogP contribution < -0.4 is 0 Å². The SMILES string of the molecule is c1ccc2c(c1)CSCCSCCSC2. The lowest BCUT2D eigenvalue weighted by Gasteiger charge is -2.07. The molecule has 0 radical (unpaired) electrons. The second-order valence-corrected chi connectivity index (χ2v) is 6.92. The lowest BCUT2D eigenvalue weighted by Crippen LogP contribution is -1.91. The lowest BCUT2D eigenvalue weighted by molar-refractivity contribution is 1.28. The van der Waals surface area contributed by atoms with Crippen molar-refractivity contribution in [1.29, 1.82) is 0 Å². The van der Waals surface area contributed by atoms with Crippen LogP contribution >= 0.6 is 35.3 Å². The standard InChI is InChI=1S/C12H16S3/c1-2-4-12-10-15-8-6-13-5-7-14-9-11(12)3-1/h1-4H,5-10H2. The van der Waals surface area contributed by atoms with E-state index in [1.54, 1.807) is 11.1 Å². The van der Waals surface area contributed by atoms with Crippen LogP contribution in [0.1, 0.15) is 11.1 Å². The molecule has 1 aromatic rings. The molecule has 0 unspecified atom stereocenters. The molecule has 0 fully saturated rings. The summed E-state index contributed by atoms with van der Waals surface area (Å²) in [6, 6.07) is 8.90. The summed E-state index contributed by atoms with van der Waals surface area (Å²) in [4.78, 5) is 0. The smallest absolute Gasteiger partial charge is 0.0187 e. The molecule has 1 aliphatic rings. The van der Waals surface area contributed by atoms with E-state index in [0.29, 0.717) is 0 Å². The summed E-state index contributed by atoms with van der Waals surface area (Å²) in [5, 5.41) is 0. The second kappa shape index (κ2) is 6.77. The van der Waals surface area contributed by atoms with Crippen LogP contribution in [0.3, 0.4) is 0 Å². The van der Waals surface area contributed by atoms with E-state index in [0.717, 1.165) is 0 Å². The quantitative estimate of drug-likeness (QED) is 0.691. The average molecular weight is 256 g/mol. The van der Waals surface area contributed by atoms with Crippen molar-refractivity contribution in [1.82, 2.24) is 0 Å². The largest absolute Gasteiger partial charge is 0.160 e. The van der Waals surface area contributed by atoms with E-state index in [-0.39, 0.29) is 0 Å². The van der Waals surface area contributed by atoms with E-state index in [4.69, 9.17) is 0 Å². The molecule has 1 aromatic carbocycles. The first-order chi connectivity index (χ1) is 7.47. The Morgan fingerprint density at radius 3 is 1.67 bits per heavy atom. The van der Waals surface area contributed by atoms with Crippen molar-refractivity contribution in [2.24, 2.45) is 0 Å². The van der Waals surface area contributed by atoms with Crippen LogP contribution in [0.4, 0.5) is 0 Å². The van der Waals surface area contributed by atoms with Crippen molar-refractivity contribution in [3.05, 3.63) is 35.4 Å². The molecule has 0 bridgehead atoms. The van der Waals surface area contributed by atoms with E-state index in [1.807, 2.05) is 0 Å². The minimum Gasteiger partial charge on any atom is -0.160 e. The highest BCUT2D eigenvalue weighted by atomic mass is 32.2. The highest BCUT2D eigenvalue weighted by Gasteiger charge is 2.03. The summed E-state index contributed by atoms with van der Waals surface area (Å²) >= 11 is 6.25. The van der Waals surface area contributed by atoms with Crippen LogP contribution in [-0.2, 0) is 11.5 Å².